The summed E-state index contributed by atoms with van der Waals surface area (Å²) in [4.78, 5) is 0. The third-order valence-electron chi connectivity index (χ3n) is 2.87. The van der Waals surface area contributed by atoms with E-state index in [2.05, 4.69) is 12.1 Å². The Labute approximate surface area is 93.5 Å². The van der Waals surface area contributed by atoms with Gasteiger partial charge in [0.05, 0.1) is 6.61 Å². The van der Waals surface area contributed by atoms with E-state index in [0.717, 1.165) is 16.7 Å². The highest BCUT2D eigenvalue weighted by molar-refractivity contribution is 5.63. The molecule has 2 heteroatoms. The first-order valence-electron chi connectivity index (χ1n) is 5.29. The molecule has 1 unspecified atom stereocenters. The molecule has 0 spiro atoms. The summed E-state index contributed by atoms with van der Waals surface area (Å²) in [6, 6.07) is 8.07. The molecule has 1 aliphatic carbocycles. The lowest BCUT2D eigenvalue weighted by Gasteiger charge is -2.15. The van der Waals surface area contributed by atoms with Gasteiger partial charge in [-0.1, -0.05) is 30.3 Å². The SMILES string of the molecule is FC1=CC2OCc3ccccc3C=C2C=C1. The zero-order chi connectivity index (χ0) is 11.0. The molecule has 1 aliphatic heterocycles. The Morgan fingerprint density at radius 3 is 3.00 bits per heavy atom. The zero-order valence-electron chi connectivity index (χ0n) is 8.69. The highest BCUT2D eigenvalue weighted by Gasteiger charge is 2.19. The first kappa shape index (κ1) is 9.55. The number of ether oxygens (including phenoxy) is 1. The third kappa shape index (κ3) is 1.61. The van der Waals surface area contributed by atoms with E-state index in [1.807, 2.05) is 18.2 Å². The van der Waals surface area contributed by atoms with Crippen LogP contribution in [0.2, 0.25) is 0 Å². The first-order valence-corrected chi connectivity index (χ1v) is 5.29. The third-order valence-corrected chi connectivity index (χ3v) is 2.87. The summed E-state index contributed by atoms with van der Waals surface area (Å²) in [6.45, 7) is 0.526. The Kier molecular flexibility index (Phi) is 2.22. The van der Waals surface area contributed by atoms with Crippen LogP contribution in [-0.4, -0.2) is 6.10 Å². The number of benzene rings is 1. The van der Waals surface area contributed by atoms with E-state index < -0.39 is 0 Å². The number of halogens is 1. The summed E-state index contributed by atoms with van der Waals surface area (Å²) in [7, 11) is 0. The van der Waals surface area contributed by atoms with Crippen LogP contribution in [0.1, 0.15) is 11.1 Å². The maximum absolute atomic E-state index is 13.1. The van der Waals surface area contributed by atoms with E-state index in [-0.39, 0.29) is 11.9 Å². The van der Waals surface area contributed by atoms with Crippen LogP contribution in [0.15, 0.2) is 53.9 Å². The second-order valence-electron chi connectivity index (χ2n) is 3.96. The first-order chi connectivity index (χ1) is 7.83. The van der Waals surface area contributed by atoms with E-state index >= 15 is 0 Å². The molecular weight excluding hydrogens is 203 g/mol. The number of hydrogen-bond acceptors (Lipinski definition) is 1. The molecule has 0 fully saturated rings. The van der Waals surface area contributed by atoms with Crippen molar-refractivity contribution in [1.82, 2.24) is 0 Å². The molecule has 1 nitrogen and oxygen atoms in total. The summed E-state index contributed by atoms with van der Waals surface area (Å²) in [6.07, 6.45) is 6.57. The fraction of sp³-hybridized carbons (Fsp3) is 0.143. The fourth-order valence-electron chi connectivity index (χ4n) is 2.01. The number of allylic oxidation sites excluding steroid dienone is 2. The van der Waals surface area contributed by atoms with Gasteiger partial charge in [0, 0.05) is 0 Å². The molecule has 80 valence electrons. The lowest BCUT2D eigenvalue weighted by Crippen LogP contribution is -2.12. The Balaban J connectivity index is 2.06. The molecule has 0 saturated carbocycles. The molecule has 0 aromatic heterocycles. The normalized spacial score (nSPS) is 22.7. The molecule has 0 bridgehead atoms. The van der Waals surface area contributed by atoms with Gasteiger partial charge in [0.2, 0.25) is 0 Å². The van der Waals surface area contributed by atoms with Crippen molar-refractivity contribution in [3.63, 3.8) is 0 Å². The summed E-state index contributed by atoms with van der Waals surface area (Å²) in [5, 5.41) is 0. The van der Waals surface area contributed by atoms with E-state index in [4.69, 9.17) is 4.74 Å². The number of hydrogen-bond donors (Lipinski definition) is 0. The largest absolute Gasteiger partial charge is 0.365 e. The van der Waals surface area contributed by atoms with Crippen molar-refractivity contribution in [3.05, 3.63) is 65.0 Å². The molecule has 1 heterocycles. The zero-order valence-corrected chi connectivity index (χ0v) is 8.69. The van der Waals surface area contributed by atoms with Gasteiger partial charge in [-0.3, -0.25) is 0 Å². The van der Waals surface area contributed by atoms with E-state index in [1.165, 1.54) is 12.2 Å². The molecule has 0 saturated heterocycles. The highest BCUT2D eigenvalue weighted by atomic mass is 19.1. The van der Waals surface area contributed by atoms with Crippen molar-refractivity contribution in [2.45, 2.75) is 12.7 Å². The van der Waals surface area contributed by atoms with Crippen LogP contribution < -0.4 is 0 Å². The van der Waals surface area contributed by atoms with E-state index in [9.17, 15) is 4.39 Å². The van der Waals surface area contributed by atoms with Crippen molar-refractivity contribution in [1.29, 1.82) is 0 Å². The minimum Gasteiger partial charge on any atom is -0.365 e. The molecule has 1 atom stereocenters. The monoisotopic (exact) mass is 214 g/mol. The van der Waals surface area contributed by atoms with Gasteiger partial charge < -0.3 is 4.74 Å². The Hall–Kier alpha value is -1.67. The van der Waals surface area contributed by atoms with Gasteiger partial charge in [0.25, 0.3) is 0 Å². The fourth-order valence-corrected chi connectivity index (χ4v) is 2.01. The number of rotatable bonds is 0. The van der Waals surface area contributed by atoms with Gasteiger partial charge in [-0.05, 0) is 34.9 Å². The summed E-state index contributed by atoms with van der Waals surface area (Å²) in [5.41, 5.74) is 3.30. The highest BCUT2D eigenvalue weighted by Crippen LogP contribution is 2.27. The lowest BCUT2D eigenvalue weighted by molar-refractivity contribution is 0.0967. The van der Waals surface area contributed by atoms with Crippen LogP contribution in [-0.2, 0) is 11.3 Å². The molecule has 0 N–H and O–H groups in total. The second-order valence-corrected chi connectivity index (χ2v) is 3.96. The predicted octanol–water partition coefficient (Wildman–Crippen LogP) is 3.39. The van der Waals surface area contributed by atoms with Crippen molar-refractivity contribution in [2.24, 2.45) is 0 Å². The minimum atomic E-state index is -0.252. The van der Waals surface area contributed by atoms with Gasteiger partial charge in [-0.15, -0.1) is 0 Å². The van der Waals surface area contributed by atoms with Gasteiger partial charge >= 0.3 is 0 Å². The van der Waals surface area contributed by atoms with Crippen LogP contribution >= 0.6 is 0 Å². The molecule has 1 aromatic carbocycles. The van der Waals surface area contributed by atoms with Crippen molar-refractivity contribution >= 4 is 6.08 Å². The van der Waals surface area contributed by atoms with E-state index in [1.54, 1.807) is 6.08 Å². The van der Waals surface area contributed by atoms with Crippen molar-refractivity contribution in [3.8, 4) is 0 Å². The van der Waals surface area contributed by atoms with E-state index in [0.29, 0.717) is 6.61 Å². The van der Waals surface area contributed by atoms with Crippen LogP contribution in [0.3, 0.4) is 0 Å². The van der Waals surface area contributed by atoms with Gasteiger partial charge in [-0.2, -0.15) is 0 Å². The molecule has 2 aliphatic rings. The standard InChI is InChI=1S/C14H11FO/c15-13-6-5-11-7-10-3-1-2-4-12(10)9-16-14(11)8-13/h1-8,14H,9H2. The molecule has 3 rings (SSSR count). The van der Waals surface area contributed by atoms with Crippen LogP contribution in [0, 0.1) is 0 Å². The Morgan fingerprint density at radius 2 is 2.06 bits per heavy atom. The van der Waals surface area contributed by atoms with Crippen molar-refractivity contribution in [2.75, 3.05) is 0 Å². The Morgan fingerprint density at radius 1 is 1.19 bits per heavy atom. The molecule has 16 heavy (non-hydrogen) atoms. The van der Waals surface area contributed by atoms with Gasteiger partial charge in [0.15, 0.2) is 0 Å². The average molecular weight is 214 g/mol. The summed E-state index contributed by atoms with van der Waals surface area (Å²) in [5.74, 6) is -0.229. The van der Waals surface area contributed by atoms with Crippen LogP contribution in [0.4, 0.5) is 4.39 Å². The van der Waals surface area contributed by atoms with Crippen molar-refractivity contribution < 1.29 is 9.13 Å². The quantitative estimate of drug-likeness (QED) is 0.643. The average Bonchev–Trinajstić information content (AvgIpc) is 2.48. The maximum atomic E-state index is 13.1. The summed E-state index contributed by atoms with van der Waals surface area (Å²) >= 11 is 0. The Bertz CT molecular complexity index is 511. The van der Waals surface area contributed by atoms with Crippen LogP contribution in [0.25, 0.3) is 6.08 Å². The molecule has 0 radical (unpaired) electrons. The van der Waals surface area contributed by atoms with Gasteiger partial charge in [-0.25, -0.2) is 4.39 Å². The molecule has 0 amide bonds. The van der Waals surface area contributed by atoms with Crippen LogP contribution in [0.5, 0.6) is 0 Å². The second kappa shape index (κ2) is 3.72. The smallest absolute Gasteiger partial charge is 0.122 e. The topological polar surface area (TPSA) is 9.23 Å². The summed E-state index contributed by atoms with van der Waals surface area (Å²) < 4.78 is 18.8. The molecule has 1 aromatic rings. The maximum Gasteiger partial charge on any atom is 0.122 e. The number of fused-ring (bicyclic) bond motifs is 2. The minimum absolute atomic E-state index is 0.229. The predicted molar refractivity (Wildman–Crippen MR) is 61.3 cm³/mol. The lowest BCUT2D eigenvalue weighted by atomic mass is 10.0. The molecular formula is C14H11FO. The van der Waals surface area contributed by atoms with Gasteiger partial charge in [0.1, 0.15) is 11.9 Å².